The van der Waals surface area contributed by atoms with Crippen molar-refractivity contribution in [2.24, 2.45) is 0 Å². The van der Waals surface area contributed by atoms with Crippen LogP contribution in [0.25, 0.3) is 0 Å². The van der Waals surface area contributed by atoms with Crippen molar-refractivity contribution >= 4 is 11.9 Å². The lowest BCUT2D eigenvalue weighted by Gasteiger charge is -2.09. The molecule has 2 rings (SSSR count). The van der Waals surface area contributed by atoms with Gasteiger partial charge >= 0.3 is 5.97 Å². The minimum Gasteiger partial charge on any atom is -0.476 e. The van der Waals surface area contributed by atoms with Crippen LogP contribution in [0.2, 0.25) is 0 Å². The van der Waals surface area contributed by atoms with Gasteiger partial charge in [0.05, 0.1) is 6.54 Å². The van der Waals surface area contributed by atoms with Crippen LogP contribution in [-0.4, -0.2) is 34.7 Å². The fourth-order valence-corrected chi connectivity index (χ4v) is 1.70. The maximum absolute atomic E-state index is 10.9. The molecule has 1 aliphatic heterocycles. The van der Waals surface area contributed by atoms with Crippen LogP contribution in [0, 0.1) is 0 Å². The zero-order chi connectivity index (χ0) is 12.3. The van der Waals surface area contributed by atoms with E-state index in [9.17, 15) is 9.59 Å². The lowest BCUT2D eigenvalue weighted by molar-refractivity contribution is -0.119. The predicted molar refractivity (Wildman–Crippen MR) is 56.3 cm³/mol. The van der Waals surface area contributed by atoms with Gasteiger partial charge in [-0.15, -0.1) is 0 Å². The van der Waals surface area contributed by atoms with E-state index in [0.29, 0.717) is 25.3 Å². The first-order chi connectivity index (χ1) is 8.15. The lowest BCUT2D eigenvalue weighted by atomic mass is 10.2. The number of hydrogen-bond donors (Lipinski definition) is 3. The molecule has 17 heavy (non-hydrogen) atoms. The topological polar surface area (TPSA) is 104 Å². The molecule has 1 aliphatic rings. The minimum absolute atomic E-state index is 0.0737. The Labute approximate surface area is 97.2 Å². The summed E-state index contributed by atoms with van der Waals surface area (Å²) in [5, 5.41) is 17.9. The van der Waals surface area contributed by atoms with Crippen LogP contribution in [-0.2, 0) is 11.3 Å². The van der Waals surface area contributed by atoms with E-state index in [1.165, 1.54) is 6.07 Å². The van der Waals surface area contributed by atoms with Crippen molar-refractivity contribution in [1.29, 1.82) is 0 Å². The first-order valence-electron chi connectivity index (χ1n) is 5.34. The Kier molecular flexibility index (Phi) is 3.38. The number of carboxylic acid groups (broad SMARTS) is 1. The van der Waals surface area contributed by atoms with Crippen LogP contribution in [0.1, 0.15) is 29.1 Å². The third kappa shape index (κ3) is 3.04. The molecule has 7 nitrogen and oxygen atoms in total. The minimum atomic E-state index is -1.11. The molecule has 7 heteroatoms. The summed E-state index contributed by atoms with van der Waals surface area (Å²) in [5.74, 6) is -0.570. The van der Waals surface area contributed by atoms with Gasteiger partial charge in [-0.3, -0.25) is 4.79 Å². The normalized spacial score (nSPS) is 19.3. The molecule has 2 heterocycles. The second-order valence-electron chi connectivity index (χ2n) is 3.92. The van der Waals surface area contributed by atoms with Crippen LogP contribution in [0.5, 0.6) is 0 Å². The molecule has 92 valence electrons. The molecular formula is C10H13N3O4. The van der Waals surface area contributed by atoms with E-state index in [2.05, 4.69) is 15.8 Å². The lowest BCUT2D eigenvalue weighted by Crippen LogP contribution is -2.35. The highest BCUT2D eigenvalue weighted by atomic mass is 16.5. The van der Waals surface area contributed by atoms with E-state index >= 15 is 0 Å². The second-order valence-corrected chi connectivity index (χ2v) is 3.92. The average molecular weight is 239 g/mol. The van der Waals surface area contributed by atoms with Crippen LogP contribution >= 0.6 is 0 Å². The molecule has 1 atom stereocenters. The summed E-state index contributed by atoms with van der Waals surface area (Å²) < 4.78 is 4.83. The molecule has 1 aromatic heterocycles. The Morgan fingerprint density at radius 3 is 3.12 bits per heavy atom. The summed E-state index contributed by atoms with van der Waals surface area (Å²) in [6, 6.07) is 1.52. The Balaban J connectivity index is 1.74. The van der Waals surface area contributed by atoms with E-state index in [0.717, 1.165) is 6.42 Å². The molecule has 0 spiro atoms. The second kappa shape index (κ2) is 4.96. The molecule has 1 amide bonds. The number of carbonyl (C=O) groups is 2. The van der Waals surface area contributed by atoms with Crippen molar-refractivity contribution in [3.8, 4) is 0 Å². The summed E-state index contributed by atoms with van der Waals surface area (Å²) in [7, 11) is 0. The molecule has 0 saturated carbocycles. The van der Waals surface area contributed by atoms with Gasteiger partial charge in [0.15, 0.2) is 11.5 Å². The molecule has 1 saturated heterocycles. The van der Waals surface area contributed by atoms with E-state index in [1.54, 1.807) is 0 Å². The van der Waals surface area contributed by atoms with Crippen LogP contribution in [0.3, 0.4) is 0 Å². The number of carboxylic acids is 1. The third-order valence-corrected chi connectivity index (χ3v) is 2.55. The molecule has 3 N–H and O–H groups in total. The zero-order valence-electron chi connectivity index (χ0n) is 9.10. The van der Waals surface area contributed by atoms with E-state index in [1.807, 2.05) is 0 Å². The van der Waals surface area contributed by atoms with Crippen LogP contribution in [0.4, 0.5) is 0 Å². The summed E-state index contributed by atoms with van der Waals surface area (Å²) >= 11 is 0. The predicted octanol–water partition coefficient (Wildman–Crippen LogP) is -0.259. The summed E-state index contributed by atoms with van der Waals surface area (Å²) in [6.45, 7) is 1.03. The Bertz CT molecular complexity index is 429. The maximum atomic E-state index is 10.9. The number of nitrogens with zero attached hydrogens (tertiary/aromatic N) is 1. The molecule has 0 bridgehead atoms. The van der Waals surface area contributed by atoms with Crippen molar-refractivity contribution in [3.05, 3.63) is 17.5 Å². The number of nitrogens with one attached hydrogen (secondary N) is 2. The van der Waals surface area contributed by atoms with E-state index < -0.39 is 5.97 Å². The maximum Gasteiger partial charge on any atom is 0.358 e. The van der Waals surface area contributed by atoms with Gasteiger partial charge < -0.3 is 20.3 Å². The Morgan fingerprint density at radius 2 is 2.53 bits per heavy atom. The highest BCUT2D eigenvalue weighted by Crippen LogP contribution is 2.06. The number of carbonyl (C=O) groups excluding carboxylic acids is 1. The van der Waals surface area contributed by atoms with Crippen LogP contribution < -0.4 is 10.6 Å². The van der Waals surface area contributed by atoms with Crippen LogP contribution in [0.15, 0.2) is 10.6 Å². The number of amides is 1. The quantitative estimate of drug-likeness (QED) is 0.654. The molecular weight excluding hydrogens is 226 g/mol. The van der Waals surface area contributed by atoms with Crippen molar-refractivity contribution in [1.82, 2.24) is 15.8 Å². The van der Waals surface area contributed by atoms with E-state index in [-0.39, 0.29) is 17.6 Å². The van der Waals surface area contributed by atoms with Crippen molar-refractivity contribution in [2.45, 2.75) is 25.4 Å². The van der Waals surface area contributed by atoms with Gasteiger partial charge in [0.1, 0.15) is 0 Å². The smallest absolute Gasteiger partial charge is 0.358 e. The highest BCUT2D eigenvalue weighted by Gasteiger charge is 2.20. The fraction of sp³-hybridized carbons (Fsp3) is 0.500. The summed E-state index contributed by atoms with van der Waals surface area (Å²) in [6.07, 6.45) is 1.39. The number of aromatic nitrogens is 1. The van der Waals surface area contributed by atoms with E-state index in [4.69, 9.17) is 9.63 Å². The Morgan fingerprint density at radius 1 is 1.71 bits per heavy atom. The van der Waals surface area contributed by atoms with Gasteiger partial charge in [0.2, 0.25) is 5.91 Å². The van der Waals surface area contributed by atoms with Gasteiger partial charge in [0.25, 0.3) is 0 Å². The van der Waals surface area contributed by atoms with Crippen molar-refractivity contribution in [3.63, 3.8) is 0 Å². The highest BCUT2D eigenvalue weighted by molar-refractivity contribution is 5.85. The molecule has 1 unspecified atom stereocenters. The van der Waals surface area contributed by atoms with Gasteiger partial charge in [-0.05, 0) is 6.42 Å². The standard InChI is InChI=1S/C10H13N3O4/c14-9-2-1-6(12-9)4-11-5-7-3-8(10(15)16)13-17-7/h3,6,11H,1-2,4-5H2,(H,12,14)(H,15,16). The Hall–Kier alpha value is -1.89. The SMILES string of the molecule is O=C1CCC(CNCc2cc(C(=O)O)no2)N1. The third-order valence-electron chi connectivity index (χ3n) is 2.55. The zero-order valence-corrected chi connectivity index (χ0v) is 9.10. The first-order valence-corrected chi connectivity index (χ1v) is 5.34. The van der Waals surface area contributed by atoms with Gasteiger partial charge in [-0.1, -0.05) is 5.16 Å². The number of aromatic carboxylic acids is 1. The molecule has 0 aliphatic carbocycles. The fourth-order valence-electron chi connectivity index (χ4n) is 1.70. The average Bonchev–Trinajstić information content (AvgIpc) is 2.88. The molecule has 0 radical (unpaired) electrons. The molecule has 1 aromatic rings. The largest absolute Gasteiger partial charge is 0.476 e. The van der Waals surface area contributed by atoms with Gasteiger partial charge in [0, 0.05) is 25.1 Å². The number of hydrogen-bond acceptors (Lipinski definition) is 5. The van der Waals surface area contributed by atoms with Crippen molar-refractivity contribution in [2.75, 3.05) is 6.54 Å². The van der Waals surface area contributed by atoms with Gasteiger partial charge in [-0.25, -0.2) is 4.79 Å². The van der Waals surface area contributed by atoms with Gasteiger partial charge in [-0.2, -0.15) is 0 Å². The summed E-state index contributed by atoms with van der Waals surface area (Å²) in [4.78, 5) is 21.5. The summed E-state index contributed by atoms with van der Waals surface area (Å²) in [5.41, 5.74) is -0.101. The van der Waals surface area contributed by atoms with Crippen molar-refractivity contribution < 1.29 is 19.2 Å². The molecule has 0 aromatic carbocycles. The monoisotopic (exact) mass is 239 g/mol. The first kappa shape index (κ1) is 11.6. The molecule has 1 fully saturated rings. The number of rotatable bonds is 5.